The molecule has 18 heavy (non-hydrogen) atoms. The highest BCUT2D eigenvalue weighted by Crippen LogP contribution is 2.40. The number of nitrogens with two attached hydrogens (primary N) is 1. The average molecular weight is 264 g/mol. The van der Waals surface area contributed by atoms with E-state index in [0.29, 0.717) is 5.13 Å². The minimum absolute atomic E-state index is 0.568. The van der Waals surface area contributed by atoms with Gasteiger partial charge in [-0.05, 0) is 26.0 Å². The van der Waals surface area contributed by atoms with E-state index in [9.17, 15) is 0 Å². The molecule has 1 aromatic heterocycles. The van der Waals surface area contributed by atoms with E-state index in [1.54, 1.807) is 14.2 Å². The third kappa shape index (κ3) is 2.01. The van der Waals surface area contributed by atoms with Gasteiger partial charge in [-0.2, -0.15) is 0 Å². The fourth-order valence-corrected chi connectivity index (χ4v) is 2.71. The van der Waals surface area contributed by atoms with Crippen LogP contribution >= 0.6 is 11.3 Å². The summed E-state index contributed by atoms with van der Waals surface area (Å²) in [5.74, 6) is 1.58. The molecule has 1 heterocycles. The van der Waals surface area contributed by atoms with E-state index in [4.69, 9.17) is 15.2 Å². The van der Waals surface area contributed by atoms with Crippen molar-refractivity contribution in [2.24, 2.45) is 0 Å². The van der Waals surface area contributed by atoms with Gasteiger partial charge in [0.2, 0.25) is 0 Å². The second-order valence-electron chi connectivity index (χ2n) is 3.93. The standard InChI is InChI=1S/C13H16N2O2S/c1-7-10(16-3)6-5-9(12(7)17-4)11-8(2)18-13(14)15-11/h5-6H,1-4H3,(H2,14,15). The first-order chi connectivity index (χ1) is 8.58. The molecule has 0 spiro atoms. The molecule has 0 aliphatic heterocycles. The zero-order chi connectivity index (χ0) is 13.3. The van der Waals surface area contributed by atoms with Crippen LogP contribution in [-0.4, -0.2) is 19.2 Å². The Hall–Kier alpha value is -1.75. The van der Waals surface area contributed by atoms with Gasteiger partial charge in [-0.3, -0.25) is 0 Å². The Labute approximate surface area is 110 Å². The summed E-state index contributed by atoms with van der Waals surface area (Å²) in [4.78, 5) is 5.44. The predicted octanol–water partition coefficient (Wildman–Crippen LogP) is 3.03. The quantitative estimate of drug-likeness (QED) is 0.925. The highest BCUT2D eigenvalue weighted by molar-refractivity contribution is 7.15. The maximum atomic E-state index is 5.74. The number of aryl methyl sites for hydroxylation is 1. The van der Waals surface area contributed by atoms with E-state index < -0.39 is 0 Å². The number of rotatable bonds is 3. The van der Waals surface area contributed by atoms with Crippen molar-refractivity contribution in [2.75, 3.05) is 20.0 Å². The lowest BCUT2D eigenvalue weighted by molar-refractivity contribution is 0.390. The zero-order valence-corrected chi connectivity index (χ0v) is 11.7. The van der Waals surface area contributed by atoms with Gasteiger partial charge in [0.15, 0.2) is 5.13 Å². The second kappa shape index (κ2) is 4.86. The lowest BCUT2D eigenvalue weighted by Gasteiger charge is -2.13. The Kier molecular flexibility index (Phi) is 3.43. The van der Waals surface area contributed by atoms with Gasteiger partial charge in [-0.25, -0.2) is 4.98 Å². The molecule has 0 atom stereocenters. The molecule has 0 saturated heterocycles. The van der Waals surface area contributed by atoms with Crippen LogP contribution in [0.3, 0.4) is 0 Å². The van der Waals surface area contributed by atoms with Crippen molar-refractivity contribution in [3.8, 4) is 22.8 Å². The number of thiazole rings is 1. The lowest BCUT2D eigenvalue weighted by atomic mass is 10.1. The second-order valence-corrected chi connectivity index (χ2v) is 5.17. The van der Waals surface area contributed by atoms with Crippen LogP contribution < -0.4 is 15.2 Å². The van der Waals surface area contributed by atoms with Crippen LogP contribution in [0.1, 0.15) is 10.4 Å². The van der Waals surface area contributed by atoms with Crippen molar-refractivity contribution in [3.63, 3.8) is 0 Å². The van der Waals surface area contributed by atoms with Crippen molar-refractivity contribution in [1.82, 2.24) is 4.98 Å². The number of aromatic nitrogens is 1. The van der Waals surface area contributed by atoms with Gasteiger partial charge in [0.05, 0.1) is 19.9 Å². The van der Waals surface area contributed by atoms with Crippen LogP contribution in [0, 0.1) is 13.8 Å². The fraction of sp³-hybridized carbons (Fsp3) is 0.308. The Morgan fingerprint density at radius 3 is 2.39 bits per heavy atom. The maximum Gasteiger partial charge on any atom is 0.180 e. The first-order valence-corrected chi connectivity index (χ1v) is 6.35. The molecule has 0 amide bonds. The topological polar surface area (TPSA) is 57.4 Å². The number of nitrogens with zero attached hydrogens (tertiary/aromatic N) is 1. The van der Waals surface area contributed by atoms with Gasteiger partial charge in [0, 0.05) is 16.0 Å². The van der Waals surface area contributed by atoms with Gasteiger partial charge >= 0.3 is 0 Å². The predicted molar refractivity (Wildman–Crippen MR) is 74.5 cm³/mol. The molecule has 4 nitrogen and oxygen atoms in total. The number of benzene rings is 1. The number of ether oxygens (including phenoxy) is 2. The van der Waals surface area contributed by atoms with E-state index in [1.807, 2.05) is 26.0 Å². The first kappa shape index (κ1) is 12.7. The van der Waals surface area contributed by atoms with Gasteiger partial charge in [0.25, 0.3) is 0 Å². The third-order valence-corrected chi connectivity index (χ3v) is 3.65. The van der Waals surface area contributed by atoms with Crippen molar-refractivity contribution in [3.05, 3.63) is 22.6 Å². The van der Waals surface area contributed by atoms with Gasteiger partial charge in [0.1, 0.15) is 11.5 Å². The molecular weight excluding hydrogens is 248 g/mol. The van der Waals surface area contributed by atoms with Crippen molar-refractivity contribution in [2.45, 2.75) is 13.8 Å². The van der Waals surface area contributed by atoms with Crippen LogP contribution in [0.25, 0.3) is 11.3 Å². The molecule has 2 aromatic rings. The molecule has 0 radical (unpaired) electrons. The molecule has 2 rings (SSSR count). The van der Waals surface area contributed by atoms with E-state index >= 15 is 0 Å². The molecule has 96 valence electrons. The molecule has 0 unspecified atom stereocenters. The zero-order valence-electron chi connectivity index (χ0n) is 10.9. The molecular formula is C13H16N2O2S. The molecule has 0 bridgehead atoms. The largest absolute Gasteiger partial charge is 0.496 e. The minimum Gasteiger partial charge on any atom is -0.496 e. The summed E-state index contributed by atoms with van der Waals surface area (Å²) in [7, 11) is 3.30. The SMILES string of the molecule is COc1ccc(-c2nc(N)sc2C)c(OC)c1C. The Morgan fingerprint density at radius 2 is 1.89 bits per heavy atom. The van der Waals surface area contributed by atoms with Crippen LogP contribution in [0.2, 0.25) is 0 Å². The van der Waals surface area contributed by atoms with E-state index in [2.05, 4.69) is 4.98 Å². The van der Waals surface area contributed by atoms with Gasteiger partial charge in [-0.1, -0.05) is 0 Å². The number of hydrogen-bond acceptors (Lipinski definition) is 5. The average Bonchev–Trinajstić information content (AvgIpc) is 2.68. The summed E-state index contributed by atoms with van der Waals surface area (Å²) in [5.41, 5.74) is 8.53. The molecule has 5 heteroatoms. The van der Waals surface area contributed by atoms with Crippen molar-refractivity contribution in [1.29, 1.82) is 0 Å². The number of hydrogen-bond donors (Lipinski definition) is 1. The Balaban J connectivity index is 2.65. The van der Waals surface area contributed by atoms with Crippen LogP contribution in [-0.2, 0) is 0 Å². The third-order valence-electron chi connectivity index (χ3n) is 2.85. The summed E-state index contributed by atoms with van der Waals surface area (Å²) < 4.78 is 10.8. The highest BCUT2D eigenvalue weighted by atomic mass is 32.1. The molecule has 1 aromatic carbocycles. The van der Waals surface area contributed by atoms with Gasteiger partial charge < -0.3 is 15.2 Å². The summed E-state index contributed by atoms with van der Waals surface area (Å²) >= 11 is 1.48. The summed E-state index contributed by atoms with van der Waals surface area (Å²) in [6, 6.07) is 3.87. The molecule has 0 saturated carbocycles. The van der Waals surface area contributed by atoms with E-state index in [-0.39, 0.29) is 0 Å². The number of methoxy groups -OCH3 is 2. The molecule has 0 aliphatic rings. The number of anilines is 1. The molecule has 2 N–H and O–H groups in total. The number of nitrogen functional groups attached to an aromatic ring is 1. The summed E-state index contributed by atoms with van der Waals surface area (Å²) in [6.45, 7) is 3.97. The van der Waals surface area contributed by atoms with Crippen LogP contribution in [0.15, 0.2) is 12.1 Å². The smallest absolute Gasteiger partial charge is 0.180 e. The van der Waals surface area contributed by atoms with Gasteiger partial charge in [-0.15, -0.1) is 11.3 Å². The summed E-state index contributed by atoms with van der Waals surface area (Å²) in [5, 5.41) is 0.568. The van der Waals surface area contributed by atoms with Crippen molar-refractivity contribution < 1.29 is 9.47 Å². The fourth-order valence-electron chi connectivity index (χ4n) is 2.01. The maximum absolute atomic E-state index is 5.74. The Morgan fingerprint density at radius 1 is 1.17 bits per heavy atom. The van der Waals surface area contributed by atoms with Crippen molar-refractivity contribution >= 4 is 16.5 Å². The Bertz CT molecular complexity index is 579. The first-order valence-electron chi connectivity index (χ1n) is 5.53. The normalized spacial score (nSPS) is 10.4. The van der Waals surface area contributed by atoms with E-state index in [0.717, 1.165) is 33.2 Å². The molecule has 0 aliphatic carbocycles. The monoisotopic (exact) mass is 264 g/mol. The van der Waals surface area contributed by atoms with Crippen LogP contribution in [0.4, 0.5) is 5.13 Å². The van der Waals surface area contributed by atoms with E-state index in [1.165, 1.54) is 11.3 Å². The minimum atomic E-state index is 0.568. The summed E-state index contributed by atoms with van der Waals surface area (Å²) in [6.07, 6.45) is 0. The van der Waals surface area contributed by atoms with Crippen LogP contribution in [0.5, 0.6) is 11.5 Å². The molecule has 0 fully saturated rings. The highest BCUT2D eigenvalue weighted by Gasteiger charge is 2.17. The lowest BCUT2D eigenvalue weighted by Crippen LogP contribution is -1.96.